The number of hydrogen-bond acceptors (Lipinski definition) is 7. The predicted molar refractivity (Wildman–Crippen MR) is 109 cm³/mol. The topological polar surface area (TPSA) is 101 Å². The van der Waals surface area contributed by atoms with E-state index in [0.29, 0.717) is 29.6 Å². The lowest BCUT2D eigenvalue weighted by Gasteiger charge is -2.26. The van der Waals surface area contributed by atoms with Gasteiger partial charge in [0.1, 0.15) is 5.69 Å². The van der Waals surface area contributed by atoms with Crippen LogP contribution in [0.1, 0.15) is 23.9 Å². The van der Waals surface area contributed by atoms with E-state index in [2.05, 4.69) is 36.7 Å². The van der Waals surface area contributed by atoms with Crippen molar-refractivity contribution in [3.05, 3.63) is 33.1 Å². The lowest BCUT2D eigenvalue weighted by Crippen LogP contribution is -2.44. The molecule has 2 aliphatic rings. The lowest BCUT2D eigenvalue weighted by molar-refractivity contribution is 0.0583. The van der Waals surface area contributed by atoms with E-state index in [1.807, 2.05) is 29.9 Å². The van der Waals surface area contributed by atoms with Crippen molar-refractivity contribution in [3.8, 4) is 11.5 Å². The summed E-state index contributed by atoms with van der Waals surface area (Å²) < 4.78 is 7.68. The highest BCUT2D eigenvalue weighted by Crippen LogP contribution is 2.37. The van der Waals surface area contributed by atoms with Crippen LogP contribution in [0.4, 0.5) is 10.7 Å². The monoisotopic (exact) mass is 433 g/mol. The van der Waals surface area contributed by atoms with Gasteiger partial charge >= 0.3 is 6.09 Å². The van der Waals surface area contributed by atoms with Gasteiger partial charge in [-0.15, -0.1) is 21.5 Å². The zero-order valence-corrected chi connectivity index (χ0v) is 17.5. The molecule has 2 N–H and O–H groups in total. The Balaban J connectivity index is 1.53. The van der Waals surface area contributed by atoms with Crippen LogP contribution in [0, 0.1) is 6.92 Å². The second-order valence-corrected chi connectivity index (χ2v) is 8.90. The van der Waals surface area contributed by atoms with Crippen LogP contribution in [-0.4, -0.2) is 55.8 Å². The molecule has 152 valence electrons. The minimum Gasteiger partial charge on any atom is -0.439 e. The standard InChI is InChI=1S/C18H20ClN7O2S/c1-10-13(19)14(22-21-10)15-23-24-16(26(15)8-12-4-3-7-29-12)25-6-5-18(9-25)11(2)20-17(27)28-18/h3-4,7,11H,5-6,8-9H2,1-2H3,(H,20,27)(H,21,22). The minimum absolute atomic E-state index is 0.0587. The number of carbonyl (C=O) groups excluding carboxylic acids is 1. The maximum Gasteiger partial charge on any atom is 0.408 e. The van der Waals surface area contributed by atoms with Crippen molar-refractivity contribution in [2.45, 2.75) is 38.5 Å². The number of thiophene rings is 1. The summed E-state index contributed by atoms with van der Waals surface area (Å²) in [5.74, 6) is 1.33. The molecule has 0 bridgehead atoms. The molecule has 1 spiro atoms. The second-order valence-electron chi connectivity index (χ2n) is 7.49. The second kappa shape index (κ2) is 6.74. The van der Waals surface area contributed by atoms with Crippen LogP contribution in [-0.2, 0) is 11.3 Å². The molecule has 5 rings (SSSR count). The number of nitrogens with zero attached hydrogens (tertiary/aromatic N) is 5. The zero-order chi connectivity index (χ0) is 20.2. The number of anilines is 1. The summed E-state index contributed by atoms with van der Waals surface area (Å²) in [6.45, 7) is 5.72. The summed E-state index contributed by atoms with van der Waals surface area (Å²) in [5, 5.41) is 21.6. The maximum absolute atomic E-state index is 11.8. The highest BCUT2D eigenvalue weighted by atomic mass is 35.5. The van der Waals surface area contributed by atoms with Crippen molar-refractivity contribution in [1.82, 2.24) is 30.3 Å². The van der Waals surface area contributed by atoms with Gasteiger partial charge in [-0.3, -0.25) is 9.67 Å². The fourth-order valence-corrected chi connectivity index (χ4v) is 4.86. The minimum atomic E-state index is -0.544. The molecule has 2 unspecified atom stereocenters. The smallest absolute Gasteiger partial charge is 0.408 e. The van der Waals surface area contributed by atoms with Gasteiger partial charge in [-0.05, 0) is 25.3 Å². The Morgan fingerprint density at radius 3 is 2.97 bits per heavy atom. The third-order valence-corrected chi connectivity index (χ3v) is 7.00. The van der Waals surface area contributed by atoms with E-state index in [-0.39, 0.29) is 12.1 Å². The number of aromatic amines is 1. The number of hydrogen-bond donors (Lipinski definition) is 2. The van der Waals surface area contributed by atoms with Crippen molar-refractivity contribution in [2.24, 2.45) is 0 Å². The molecular formula is C18H20ClN7O2S. The molecule has 3 aromatic heterocycles. The van der Waals surface area contributed by atoms with Crippen molar-refractivity contribution in [3.63, 3.8) is 0 Å². The van der Waals surface area contributed by atoms with Crippen LogP contribution >= 0.6 is 22.9 Å². The lowest BCUT2D eigenvalue weighted by atomic mass is 9.96. The quantitative estimate of drug-likeness (QED) is 0.656. The highest BCUT2D eigenvalue weighted by molar-refractivity contribution is 7.09. The summed E-state index contributed by atoms with van der Waals surface area (Å²) in [6, 6.07) is 4.04. The van der Waals surface area contributed by atoms with Gasteiger partial charge in [-0.2, -0.15) is 5.10 Å². The van der Waals surface area contributed by atoms with E-state index >= 15 is 0 Å². The van der Waals surface area contributed by atoms with Crippen LogP contribution in [0.2, 0.25) is 5.02 Å². The Labute approximate surface area is 176 Å². The maximum atomic E-state index is 11.8. The van der Waals surface area contributed by atoms with Gasteiger partial charge in [0.05, 0.1) is 29.8 Å². The van der Waals surface area contributed by atoms with Gasteiger partial charge in [-0.25, -0.2) is 4.79 Å². The number of nitrogens with one attached hydrogen (secondary N) is 2. The first-order valence-electron chi connectivity index (χ1n) is 9.38. The summed E-state index contributed by atoms with van der Waals surface area (Å²) in [7, 11) is 0. The third-order valence-electron chi connectivity index (χ3n) is 5.68. The highest BCUT2D eigenvalue weighted by Gasteiger charge is 2.52. The van der Waals surface area contributed by atoms with Crippen molar-refractivity contribution < 1.29 is 9.53 Å². The molecule has 2 saturated heterocycles. The summed E-state index contributed by atoms with van der Waals surface area (Å²) in [4.78, 5) is 15.0. The van der Waals surface area contributed by atoms with E-state index in [1.54, 1.807) is 11.3 Å². The van der Waals surface area contributed by atoms with Crippen molar-refractivity contribution >= 4 is 35.0 Å². The molecule has 0 aromatic carbocycles. The average Bonchev–Trinajstić information content (AvgIpc) is 3.48. The van der Waals surface area contributed by atoms with Crippen LogP contribution in [0.15, 0.2) is 17.5 Å². The van der Waals surface area contributed by atoms with Gasteiger partial charge in [0, 0.05) is 17.8 Å². The van der Waals surface area contributed by atoms with Gasteiger partial charge in [0.2, 0.25) is 5.95 Å². The molecule has 3 aromatic rings. The van der Waals surface area contributed by atoms with Crippen LogP contribution in [0.5, 0.6) is 0 Å². The Morgan fingerprint density at radius 1 is 1.45 bits per heavy atom. The molecule has 2 fully saturated rings. The number of H-pyrrole nitrogens is 1. The Hall–Kier alpha value is -2.59. The average molecular weight is 434 g/mol. The molecule has 0 saturated carbocycles. The van der Waals surface area contributed by atoms with Crippen molar-refractivity contribution in [1.29, 1.82) is 0 Å². The summed E-state index contributed by atoms with van der Waals surface area (Å²) >= 11 is 8.12. The molecule has 11 heteroatoms. The van der Waals surface area contributed by atoms with Crippen LogP contribution in [0.3, 0.4) is 0 Å². The molecule has 0 aliphatic carbocycles. The number of rotatable bonds is 4. The molecule has 2 atom stereocenters. The molecule has 9 nitrogen and oxygen atoms in total. The number of ether oxygens (including phenoxy) is 1. The zero-order valence-electron chi connectivity index (χ0n) is 16.0. The van der Waals surface area contributed by atoms with E-state index < -0.39 is 5.60 Å². The van der Waals surface area contributed by atoms with Gasteiger partial charge in [0.25, 0.3) is 0 Å². The van der Waals surface area contributed by atoms with Crippen LogP contribution < -0.4 is 10.2 Å². The molecule has 1 amide bonds. The first-order chi connectivity index (χ1) is 14.0. The fourth-order valence-electron chi connectivity index (χ4n) is 4.00. The number of amides is 1. The largest absolute Gasteiger partial charge is 0.439 e. The third kappa shape index (κ3) is 2.98. The Kier molecular flexibility index (Phi) is 4.28. The summed E-state index contributed by atoms with van der Waals surface area (Å²) in [6.07, 6.45) is 0.370. The van der Waals surface area contributed by atoms with Crippen molar-refractivity contribution in [2.75, 3.05) is 18.0 Å². The molecule has 29 heavy (non-hydrogen) atoms. The Bertz CT molecular complexity index is 1060. The van der Waals surface area contributed by atoms with E-state index in [9.17, 15) is 4.79 Å². The van der Waals surface area contributed by atoms with E-state index in [4.69, 9.17) is 16.3 Å². The fraction of sp³-hybridized carbons (Fsp3) is 0.444. The number of alkyl carbamates (subject to hydrolysis) is 1. The Morgan fingerprint density at radius 2 is 2.31 bits per heavy atom. The molecule has 5 heterocycles. The number of halogens is 1. The predicted octanol–water partition coefficient (Wildman–Crippen LogP) is 2.82. The molecular weight excluding hydrogens is 414 g/mol. The normalized spacial score (nSPS) is 23.8. The number of carbonyl (C=O) groups is 1. The van der Waals surface area contributed by atoms with Gasteiger partial charge in [0.15, 0.2) is 11.4 Å². The SMILES string of the molecule is Cc1[nH]nc(-c2nnc(N3CCC4(C3)OC(=O)NC4C)n2Cc2cccs2)c1Cl. The first-order valence-corrected chi connectivity index (χ1v) is 10.6. The van der Waals surface area contributed by atoms with Gasteiger partial charge in [-0.1, -0.05) is 17.7 Å². The van der Waals surface area contributed by atoms with E-state index in [0.717, 1.165) is 24.6 Å². The molecule has 2 aliphatic heterocycles. The number of aromatic nitrogens is 5. The summed E-state index contributed by atoms with van der Waals surface area (Å²) in [5.41, 5.74) is 0.819. The van der Waals surface area contributed by atoms with Gasteiger partial charge < -0.3 is 15.0 Å². The first kappa shape index (κ1) is 18.4. The van der Waals surface area contributed by atoms with Crippen LogP contribution in [0.25, 0.3) is 11.5 Å². The van der Waals surface area contributed by atoms with E-state index in [1.165, 1.54) is 4.88 Å². The molecule has 0 radical (unpaired) electrons. The number of aryl methyl sites for hydroxylation is 1.